The van der Waals surface area contributed by atoms with Crippen LogP contribution in [0.1, 0.15) is 30.1 Å². The van der Waals surface area contributed by atoms with Crippen LogP contribution in [0.4, 0.5) is 14.9 Å². The third-order valence-electron chi connectivity index (χ3n) is 6.27. The molecule has 1 aliphatic heterocycles. The molecule has 2 aromatic carbocycles. The van der Waals surface area contributed by atoms with Crippen molar-refractivity contribution in [2.75, 3.05) is 38.2 Å². The molecule has 1 fully saturated rings. The highest BCUT2D eigenvalue weighted by Crippen LogP contribution is 2.32. The number of nitrogens with one attached hydrogen (secondary N) is 2. The van der Waals surface area contributed by atoms with Crippen molar-refractivity contribution in [3.05, 3.63) is 66.1 Å². The largest absolute Gasteiger partial charge is 0.492 e. The Bertz CT molecular complexity index is 1220. The maximum absolute atomic E-state index is 13.5. The van der Waals surface area contributed by atoms with Crippen molar-refractivity contribution >= 4 is 17.7 Å². The average Bonchev–Trinajstić information content (AvgIpc) is 3.31. The van der Waals surface area contributed by atoms with Crippen LogP contribution < -0.4 is 15.4 Å². The number of aryl methyl sites for hydroxylation is 1. The summed E-state index contributed by atoms with van der Waals surface area (Å²) in [7, 11) is 1.84. The van der Waals surface area contributed by atoms with E-state index in [1.165, 1.54) is 18.2 Å². The molecule has 0 aliphatic carbocycles. The molecule has 0 atom stereocenters. The summed E-state index contributed by atoms with van der Waals surface area (Å²) in [6.45, 7) is 5.10. The first kappa shape index (κ1) is 26.2. The van der Waals surface area contributed by atoms with Crippen LogP contribution in [0.3, 0.4) is 0 Å². The van der Waals surface area contributed by atoms with Gasteiger partial charge in [-0.3, -0.25) is 14.4 Å². The van der Waals surface area contributed by atoms with E-state index in [1.54, 1.807) is 29.9 Å². The van der Waals surface area contributed by atoms with Gasteiger partial charge in [0.15, 0.2) is 0 Å². The molecule has 3 aromatic rings. The number of hydrogen-bond donors (Lipinski definition) is 2. The fraction of sp³-hybridized carbons (Fsp3) is 0.370. The van der Waals surface area contributed by atoms with Gasteiger partial charge in [0.05, 0.1) is 12.3 Å². The Morgan fingerprint density at radius 2 is 1.95 bits per heavy atom. The van der Waals surface area contributed by atoms with Gasteiger partial charge >= 0.3 is 6.09 Å². The molecular formula is C27H32FN5O4. The van der Waals surface area contributed by atoms with Gasteiger partial charge in [-0.05, 0) is 62.2 Å². The third kappa shape index (κ3) is 7.07. The normalized spacial score (nSPS) is 14.2. The highest BCUT2D eigenvalue weighted by Gasteiger charge is 2.21. The summed E-state index contributed by atoms with van der Waals surface area (Å²) in [5, 5.41) is 10.00. The highest BCUT2D eigenvalue weighted by atomic mass is 19.1. The molecule has 2 N–H and O–H groups in total. The SMILES string of the molecule is CCOC(=O)NC1CCN(CCOc2ccc(NC(=O)c3cccc(F)c3)cc2-c2ccnn2C)CC1. The highest BCUT2D eigenvalue weighted by molar-refractivity contribution is 6.04. The molecular weight excluding hydrogens is 477 g/mol. The van der Waals surface area contributed by atoms with Crippen molar-refractivity contribution < 1.29 is 23.5 Å². The number of rotatable bonds is 9. The maximum atomic E-state index is 13.5. The lowest BCUT2D eigenvalue weighted by atomic mass is 10.1. The Hall–Kier alpha value is -3.92. The summed E-state index contributed by atoms with van der Waals surface area (Å²) in [5.74, 6) is -0.192. The van der Waals surface area contributed by atoms with E-state index >= 15 is 0 Å². The predicted octanol–water partition coefficient (Wildman–Crippen LogP) is 4.07. The van der Waals surface area contributed by atoms with Crippen molar-refractivity contribution in [1.82, 2.24) is 20.0 Å². The summed E-state index contributed by atoms with van der Waals surface area (Å²) in [6.07, 6.45) is 3.06. The van der Waals surface area contributed by atoms with Crippen LogP contribution in [0.15, 0.2) is 54.7 Å². The molecule has 0 radical (unpaired) electrons. The number of amides is 2. The Labute approximate surface area is 215 Å². The van der Waals surface area contributed by atoms with Gasteiger partial charge in [0.2, 0.25) is 0 Å². The van der Waals surface area contributed by atoms with Gasteiger partial charge in [-0.25, -0.2) is 9.18 Å². The predicted molar refractivity (Wildman–Crippen MR) is 138 cm³/mol. The minimum Gasteiger partial charge on any atom is -0.492 e. The van der Waals surface area contributed by atoms with E-state index in [9.17, 15) is 14.0 Å². The number of benzene rings is 2. The second-order valence-corrected chi connectivity index (χ2v) is 8.84. The second kappa shape index (κ2) is 12.4. The van der Waals surface area contributed by atoms with Crippen LogP contribution in [0.5, 0.6) is 5.75 Å². The third-order valence-corrected chi connectivity index (χ3v) is 6.27. The van der Waals surface area contributed by atoms with Crippen molar-refractivity contribution in [1.29, 1.82) is 0 Å². The van der Waals surface area contributed by atoms with E-state index in [0.29, 0.717) is 24.7 Å². The lowest BCUT2D eigenvalue weighted by molar-refractivity contribution is 0.102. The molecule has 9 nitrogen and oxygen atoms in total. The van der Waals surface area contributed by atoms with Gasteiger partial charge in [-0.1, -0.05) is 6.07 Å². The minimum absolute atomic E-state index is 0.128. The van der Waals surface area contributed by atoms with Crippen molar-refractivity contribution in [3.8, 4) is 17.0 Å². The van der Waals surface area contributed by atoms with E-state index in [-0.39, 0.29) is 17.7 Å². The first-order chi connectivity index (χ1) is 17.9. The first-order valence-corrected chi connectivity index (χ1v) is 12.4. The van der Waals surface area contributed by atoms with Gasteiger partial charge in [0, 0.05) is 55.7 Å². The number of nitrogens with zero attached hydrogens (tertiary/aromatic N) is 3. The van der Waals surface area contributed by atoms with Crippen molar-refractivity contribution in [2.45, 2.75) is 25.8 Å². The fourth-order valence-electron chi connectivity index (χ4n) is 4.33. The Morgan fingerprint density at radius 3 is 2.65 bits per heavy atom. The molecule has 0 unspecified atom stereocenters. The van der Waals surface area contributed by atoms with E-state index in [4.69, 9.17) is 9.47 Å². The Balaban J connectivity index is 1.37. The van der Waals surface area contributed by atoms with Crippen LogP contribution in [0.2, 0.25) is 0 Å². The number of carbonyl (C=O) groups is 2. The zero-order valence-corrected chi connectivity index (χ0v) is 21.1. The van der Waals surface area contributed by atoms with Crippen molar-refractivity contribution in [3.63, 3.8) is 0 Å². The molecule has 196 valence electrons. The molecule has 0 spiro atoms. The molecule has 4 rings (SSSR count). The standard InChI is InChI=1S/C27H32FN5O4/c1-3-36-27(35)31-21-10-13-33(14-11-21)15-16-37-25-8-7-22(18-23(25)24-9-12-29-32(24)2)30-26(34)19-5-4-6-20(28)17-19/h4-9,12,17-18,21H,3,10-11,13-16H2,1-2H3,(H,30,34)(H,31,35). The molecule has 0 saturated carbocycles. The average molecular weight is 510 g/mol. The van der Waals surface area contributed by atoms with Gasteiger partial charge in [-0.15, -0.1) is 0 Å². The monoisotopic (exact) mass is 509 g/mol. The van der Waals surface area contributed by atoms with E-state index in [2.05, 4.69) is 20.6 Å². The molecule has 1 saturated heterocycles. The van der Waals surface area contributed by atoms with E-state index in [1.807, 2.05) is 25.2 Å². The summed E-state index contributed by atoms with van der Waals surface area (Å²) >= 11 is 0. The van der Waals surface area contributed by atoms with Gasteiger partial charge in [-0.2, -0.15) is 5.10 Å². The Kier molecular flexibility index (Phi) is 8.73. The Morgan fingerprint density at radius 1 is 1.14 bits per heavy atom. The van der Waals surface area contributed by atoms with Crippen molar-refractivity contribution in [2.24, 2.45) is 7.05 Å². The van der Waals surface area contributed by atoms with Gasteiger partial charge in [0.25, 0.3) is 5.91 Å². The number of hydrogen-bond acceptors (Lipinski definition) is 6. The second-order valence-electron chi connectivity index (χ2n) is 8.84. The summed E-state index contributed by atoms with van der Waals surface area (Å²) in [5.41, 5.74) is 2.43. The summed E-state index contributed by atoms with van der Waals surface area (Å²) < 4.78 is 26.4. The number of halogens is 1. The van der Waals surface area contributed by atoms with Crippen LogP contribution >= 0.6 is 0 Å². The molecule has 0 bridgehead atoms. The zero-order chi connectivity index (χ0) is 26.2. The molecule has 2 heterocycles. The smallest absolute Gasteiger partial charge is 0.407 e. The van der Waals surface area contributed by atoms with Crippen LogP contribution in [-0.4, -0.2) is 65.6 Å². The summed E-state index contributed by atoms with van der Waals surface area (Å²) in [6, 6.07) is 13.0. The minimum atomic E-state index is -0.466. The molecule has 2 amide bonds. The molecule has 10 heteroatoms. The maximum Gasteiger partial charge on any atom is 0.407 e. The number of aromatic nitrogens is 2. The lowest BCUT2D eigenvalue weighted by Gasteiger charge is -2.32. The number of alkyl carbamates (subject to hydrolysis) is 1. The van der Waals surface area contributed by atoms with Crippen LogP contribution in [0, 0.1) is 5.82 Å². The van der Waals surface area contributed by atoms with Gasteiger partial charge < -0.3 is 20.1 Å². The van der Waals surface area contributed by atoms with E-state index in [0.717, 1.165) is 43.7 Å². The number of likely N-dealkylation sites (tertiary alicyclic amines) is 1. The fourth-order valence-corrected chi connectivity index (χ4v) is 4.33. The van der Waals surface area contributed by atoms with Crippen LogP contribution in [-0.2, 0) is 11.8 Å². The quantitative estimate of drug-likeness (QED) is 0.451. The molecule has 1 aromatic heterocycles. The van der Waals surface area contributed by atoms with Gasteiger partial charge in [0.1, 0.15) is 18.2 Å². The number of piperidine rings is 1. The molecule has 1 aliphatic rings. The first-order valence-electron chi connectivity index (χ1n) is 12.4. The number of ether oxygens (including phenoxy) is 2. The van der Waals surface area contributed by atoms with Crippen LogP contribution in [0.25, 0.3) is 11.3 Å². The number of carbonyl (C=O) groups excluding carboxylic acids is 2. The zero-order valence-electron chi connectivity index (χ0n) is 21.1. The van der Waals surface area contributed by atoms with E-state index < -0.39 is 11.7 Å². The summed E-state index contributed by atoms with van der Waals surface area (Å²) in [4.78, 5) is 26.6. The molecule has 37 heavy (non-hydrogen) atoms. The topological polar surface area (TPSA) is 97.7 Å². The number of anilines is 1. The lowest BCUT2D eigenvalue weighted by Crippen LogP contribution is -2.45.